The highest BCUT2D eigenvalue weighted by Crippen LogP contribution is 2.37. The number of rotatable bonds is 7. The Morgan fingerprint density at radius 3 is 2.48 bits per heavy atom. The van der Waals surface area contributed by atoms with E-state index in [4.69, 9.17) is 4.74 Å². The van der Waals surface area contributed by atoms with E-state index in [0.29, 0.717) is 17.7 Å². The van der Waals surface area contributed by atoms with E-state index in [1.54, 1.807) is 29.5 Å². The first-order valence-corrected chi connectivity index (χ1v) is 11.1. The Kier molecular flexibility index (Phi) is 6.23. The zero-order valence-corrected chi connectivity index (χ0v) is 18.3. The fraction of sp³-hybridized carbons (Fsp3) is 0.192. The van der Waals surface area contributed by atoms with Gasteiger partial charge in [0.2, 0.25) is 5.78 Å². The van der Waals surface area contributed by atoms with Crippen LogP contribution in [0.2, 0.25) is 0 Å². The first-order valence-electron chi connectivity index (χ1n) is 10.2. The van der Waals surface area contributed by atoms with Crippen LogP contribution in [0.15, 0.2) is 78.2 Å². The second-order valence-corrected chi connectivity index (χ2v) is 8.49. The van der Waals surface area contributed by atoms with Crippen molar-refractivity contribution in [3.8, 4) is 0 Å². The van der Waals surface area contributed by atoms with Crippen molar-refractivity contribution in [2.24, 2.45) is 5.92 Å². The van der Waals surface area contributed by atoms with Gasteiger partial charge in [-0.25, -0.2) is 4.98 Å². The largest absolute Gasteiger partial charge is 0.469 e. The van der Waals surface area contributed by atoms with Crippen LogP contribution in [-0.2, 0) is 16.0 Å². The number of carbonyl (C=O) groups is 2. The number of benzene rings is 2. The van der Waals surface area contributed by atoms with E-state index in [1.165, 1.54) is 7.11 Å². The van der Waals surface area contributed by atoms with E-state index in [0.717, 1.165) is 21.3 Å². The molecule has 31 heavy (non-hydrogen) atoms. The lowest BCUT2D eigenvalue weighted by Crippen LogP contribution is -2.23. The van der Waals surface area contributed by atoms with Crippen LogP contribution in [0.4, 0.5) is 0 Å². The number of methoxy groups -OCH3 is 1. The van der Waals surface area contributed by atoms with Gasteiger partial charge in [-0.3, -0.25) is 9.59 Å². The van der Waals surface area contributed by atoms with Gasteiger partial charge in [0.05, 0.1) is 13.0 Å². The van der Waals surface area contributed by atoms with Crippen LogP contribution in [-0.4, -0.2) is 23.8 Å². The molecule has 0 aliphatic rings. The summed E-state index contributed by atoms with van der Waals surface area (Å²) in [6.45, 7) is 2.03. The highest BCUT2D eigenvalue weighted by atomic mass is 32.1. The number of aromatic nitrogens is 1. The number of carbonyl (C=O) groups excluding carboxylic acids is 2. The second-order valence-electron chi connectivity index (χ2n) is 7.58. The number of hydrogen-bond donors (Lipinski definition) is 0. The van der Waals surface area contributed by atoms with Crippen LogP contribution in [0.1, 0.15) is 39.5 Å². The number of hydrogen-bond acceptors (Lipinski definition) is 5. The minimum absolute atomic E-state index is 0.0518. The molecule has 0 amide bonds. The maximum absolute atomic E-state index is 12.8. The quantitative estimate of drug-likeness (QED) is 0.281. The Balaban J connectivity index is 1.62. The molecule has 2 heterocycles. The van der Waals surface area contributed by atoms with E-state index in [1.807, 2.05) is 55.5 Å². The minimum atomic E-state index is -0.398. The summed E-state index contributed by atoms with van der Waals surface area (Å²) in [6.07, 6.45) is 0.557. The molecule has 0 aliphatic carbocycles. The van der Waals surface area contributed by atoms with E-state index in [2.05, 4.69) is 16.4 Å². The minimum Gasteiger partial charge on any atom is -0.469 e. The molecule has 4 rings (SSSR count). The summed E-state index contributed by atoms with van der Waals surface area (Å²) >= 11 is 1.58. The van der Waals surface area contributed by atoms with Gasteiger partial charge in [-0.2, -0.15) is 0 Å². The molecule has 0 radical (unpaired) electrons. The van der Waals surface area contributed by atoms with Gasteiger partial charge in [-0.05, 0) is 40.6 Å². The Hall–Kier alpha value is -3.31. The van der Waals surface area contributed by atoms with Crippen molar-refractivity contribution in [2.45, 2.75) is 19.3 Å². The fourth-order valence-corrected chi connectivity index (χ4v) is 5.13. The van der Waals surface area contributed by atoms with Crippen LogP contribution >= 0.6 is 11.3 Å². The van der Waals surface area contributed by atoms with Crippen molar-refractivity contribution in [1.82, 2.24) is 4.98 Å². The normalized spacial score (nSPS) is 13.0. The molecule has 0 spiro atoms. The molecule has 0 fully saturated rings. The van der Waals surface area contributed by atoms with Gasteiger partial charge in [0, 0.05) is 16.1 Å². The van der Waals surface area contributed by atoms with Crippen molar-refractivity contribution >= 4 is 33.9 Å². The first kappa shape index (κ1) is 20.9. The van der Waals surface area contributed by atoms with Gasteiger partial charge >= 0.3 is 5.97 Å². The molecule has 2 atom stereocenters. The molecule has 0 N–H and O–H groups in total. The van der Waals surface area contributed by atoms with Gasteiger partial charge < -0.3 is 4.74 Å². The number of nitrogens with zero attached hydrogens (tertiary/aromatic N) is 1. The lowest BCUT2D eigenvalue weighted by molar-refractivity contribution is -0.143. The van der Waals surface area contributed by atoms with Crippen LogP contribution in [0.3, 0.4) is 0 Å². The number of fused-ring (bicyclic) bond motifs is 1. The topological polar surface area (TPSA) is 56.3 Å². The number of thiophene rings is 1. The zero-order valence-electron chi connectivity index (χ0n) is 17.4. The molecule has 0 aliphatic heterocycles. The highest BCUT2D eigenvalue weighted by Gasteiger charge is 2.31. The van der Waals surface area contributed by atoms with Crippen molar-refractivity contribution in [3.05, 3.63) is 100 Å². The predicted molar refractivity (Wildman–Crippen MR) is 124 cm³/mol. The van der Waals surface area contributed by atoms with E-state index in [9.17, 15) is 9.59 Å². The Morgan fingerprint density at radius 1 is 0.968 bits per heavy atom. The molecule has 0 saturated carbocycles. The third kappa shape index (κ3) is 4.42. The van der Waals surface area contributed by atoms with Gasteiger partial charge in [0.15, 0.2) is 0 Å². The molecular formula is C26H23NO3S. The first-order chi connectivity index (χ1) is 15.1. The highest BCUT2D eigenvalue weighted by molar-refractivity contribution is 7.11. The van der Waals surface area contributed by atoms with Gasteiger partial charge in [-0.1, -0.05) is 67.6 Å². The van der Waals surface area contributed by atoms with Crippen LogP contribution in [0.5, 0.6) is 0 Å². The zero-order chi connectivity index (χ0) is 21.8. The molecule has 2 aromatic carbocycles. The summed E-state index contributed by atoms with van der Waals surface area (Å²) in [4.78, 5) is 31.1. The van der Waals surface area contributed by atoms with Crippen LogP contribution in [0.25, 0.3) is 10.8 Å². The Morgan fingerprint density at radius 2 is 1.71 bits per heavy atom. The van der Waals surface area contributed by atoms with Crippen molar-refractivity contribution in [2.75, 3.05) is 7.11 Å². The lowest BCUT2D eigenvalue weighted by atomic mass is 9.87. The lowest BCUT2D eigenvalue weighted by Gasteiger charge is -2.21. The summed E-state index contributed by atoms with van der Waals surface area (Å²) in [5.74, 6) is -0.810. The number of ether oxygens (including phenoxy) is 1. The summed E-state index contributed by atoms with van der Waals surface area (Å²) in [5, 5.41) is 4.28. The maximum Gasteiger partial charge on any atom is 0.314 e. The van der Waals surface area contributed by atoms with Crippen molar-refractivity contribution < 1.29 is 14.3 Å². The average molecular weight is 430 g/mol. The third-order valence-corrected chi connectivity index (χ3v) is 6.55. The molecule has 2 aromatic heterocycles. The standard InChI is InChI=1S/C26H23NO3S/c1-17(23(26(29)30-2)25-21-13-7-6-11-19(21)16-31-25)15-20-12-8-14-22(27-20)24(28)18-9-4-3-5-10-18/h3-14,16-17,23H,15H2,1-2H3. The summed E-state index contributed by atoms with van der Waals surface area (Å²) < 4.78 is 5.16. The molecule has 4 nitrogen and oxygen atoms in total. The van der Waals surface area contributed by atoms with Crippen LogP contribution < -0.4 is 0 Å². The monoisotopic (exact) mass is 429 g/mol. The smallest absolute Gasteiger partial charge is 0.314 e. The predicted octanol–water partition coefficient (Wildman–Crippen LogP) is 5.66. The van der Waals surface area contributed by atoms with E-state index in [-0.39, 0.29) is 17.7 Å². The fourth-order valence-electron chi connectivity index (χ4n) is 3.89. The number of ketones is 1. The molecule has 0 saturated heterocycles. The summed E-state index contributed by atoms with van der Waals surface area (Å²) in [6, 6.07) is 22.7. The number of pyridine rings is 1. The van der Waals surface area contributed by atoms with Gasteiger partial charge in [-0.15, -0.1) is 11.3 Å². The third-order valence-electron chi connectivity index (χ3n) is 5.45. The van der Waals surface area contributed by atoms with Crippen LogP contribution in [0, 0.1) is 5.92 Å². The SMILES string of the molecule is COC(=O)C(c1scc2ccccc12)C(C)Cc1cccc(C(=O)c2ccccc2)n1. The van der Waals surface area contributed by atoms with E-state index >= 15 is 0 Å². The second kappa shape index (κ2) is 9.23. The van der Waals surface area contributed by atoms with Gasteiger partial charge in [0.1, 0.15) is 5.69 Å². The molecule has 0 bridgehead atoms. The Labute approximate surface area is 185 Å². The molecule has 5 heteroatoms. The molecule has 4 aromatic rings. The Bertz CT molecular complexity index is 1220. The van der Waals surface area contributed by atoms with Crippen molar-refractivity contribution in [1.29, 1.82) is 0 Å². The molecule has 2 unspecified atom stereocenters. The number of esters is 1. The maximum atomic E-state index is 12.8. The molecule has 156 valence electrons. The average Bonchev–Trinajstić information content (AvgIpc) is 3.23. The summed E-state index contributed by atoms with van der Waals surface area (Å²) in [7, 11) is 1.43. The summed E-state index contributed by atoms with van der Waals surface area (Å²) in [5.41, 5.74) is 1.80. The van der Waals surface area contributed by atoms with Gasteiger partial charge in [0.25, 0.3) is 0 Å². The van der Waals surface area contributed by atoms with Crippen molar-refractivity contribution in [3.63, 3.8) is 0 Å². The molecular weight excluding hydrogens is 406 g/mol. The van der Waals surface area contributed by atoms with E-state index < -0.39 is 5.92 Å².